The average molecular weight is 398 g/mol. The van der Waals surface area contributed by atoms with Gasteiger partial charge in [-0.1, -0.05) is 29.3 Å². The van der Waals surface area contributed by atoms with Crippen LogP contribution in [-0.4, -0.2) is 32.7 Å². The first kappa shape index (κ1) is 18.3. The van der Waals surface area contributed by atoms with E-state index in [-0.39, 0.29) is 23.4 Å². The number of amides is 1. The molecule has 1 fully saturated rings. The number of benzene rings is 1. The number of nitrogens with zero attached hydrogens (tertiary/aromatic N) is 3. The van der Waals surface area contributed by atoms with E-state index < -0.39 is 0 Å². The van der Waals surface area contributed by atoms with Crippen LogP contribution in [0.5, 0.6) is 0 Å². The summed E-state index contributed by atoms with van der Waals surface area (Å²) in [5.74, 6) is 0.684. The molecule has 0 radical (unpaired) electrons. The zero-order valence-corrected chi connectivity index (χ0v) is 16.2. The molecule has 1 aromatic carbocycles. The summed E-state index contributed by atoms with van der Waals surface area (Å²) in [5, 5.41) is 0.921. The van der Waals surface area contributed by atoms with Crippen LogP contribution in [0.3, 0.4) is 0 Å². The zero-order chi connectivity index (χ0) is 18.1. The minimum absolute atomic E-state index is 0.0325. The van der Waals surface area contributed by atoms with Crippen LogP contribution in [0.15, 0.2) is 29.3 Å². The van der Waals surface area contributed by atoms with Crippen molar-refractivity contribution in [2.24, 2.45) is 0 Å². The van der Waals surface area contributed by atoms with Crippen LogP contribution in [0.2, 0.25) is 10.0 Å². The maximum Gasteiger partial charge on any atom is 0.256 e. The van der Waals surface area contributed by atoms with Crippen molar-refractivity contribution in [3.05, 3.63) is 61.7 Å². The molecular formula is C17H17Cl2N3O2S. The summed E-state index contributed by atoms with van der Waals surface area (Å²) < 4.78 is 1.36. The Morgan fingerprint density at radius 1 is 1.36 bits per heavy atom. The Morgan fingerprint density at radius 3 is 2.84 bits per heavy atom. The lowest BCUT2D eigenvalue weighted by molar-refractivity contribution is -0.132. The molecule has 0 saturated carbocycles. The van der Waals surface area contributed by atoms with Crippen LogP contribution in [0.4, 0.5) is 0 Å². The van der Waals surface area contributed by atoms with Crippen LogP contribution >= 0.6 is 35.0 Å². The highest BCUT2D eigenvalue weighted by Crippen LogP contribution is 2.41. The van der Waals surface area contributed by atoms with Crippen molar-refractivity contribution in [2.45, 2.75) is 25.8 Å². The molecule has 1 aliphatic heterocycles. The molecule has 5 nitrogen and oxygen atoms in total. The molecule has 0 aliphatic carbocycles. The summed E-state index contributed by atoms with van der Waals surface area (Å²) in [5.41, 5.74) is 1.90. The lowest BCUT2D eigenvalue weighted by Gasteiger charge is -2.25. The van der Waals surface area contributed by atoms with Crippen LogP contribution in [0, 0.1) is 13.8 Å². The molecule has 1 unspecified atom stereocenters. The topological polar surface area (TPSA) is 55.2 Å². The van der Waals surface area contributed by atoms with Crippen molar-refractivity contribution in [2.75, 3.05) is 12.3 Å². The number of hydrogen-bond acceptors (Lipinski definition) is 4. The lowest BCUT2D eigenvalue weighted by Crippen LogP contribution is -2.36. The number of aromatic nitrogens is 2. The quantitative estimate of drug-likeness (QED) is 0.795. The van der Waals surface area contributed by atoms with Gasteiger partial charge in [0.2, 0.25) is 5.91 Å². The Kier molecular flexibility index (Phi) is 5.41. The van der Waals surface area contributed by atoms with Gasteiger partial charge in [-0.2, -0.15) is 0 Å². The van der Waals surface area contributed by atoms with E-state index in [9.17, 15) is 9.59 Å². The predicted octanol–water partition coefficient (Wildman–Crippen LogP) is 3.44. The minimum Gasteiger partial charge on any atom is -0.324 e. The number of halogens is 2. The standard InChI is InChI=1S/C17H17Cl2N3O2S/c1-10-11(2)20-9-21(16(10)24)8-15(23)22-5-6-25-17(22)13-4-3-12(18)7-14(13)19/h3-4,7,9,17H,5-6,8H2,1-2H3. The third kappa shape index (κ3) is 3.71. The Morgan fingerprint density at radius 2 is 2.12 bits per heavy atom. The molecule has 1 saturated heterocycles. The first-order valence-corrected chi connectivity index (χ1v) is 9.57. The Balaban J connectivity index is 1.84. The maximum atomic E-state index is 12.8. The number of aryl methyl sites for hydroxylation is 1. The lowest BCUT2D eigenvalue weighted by atomic mass is 10.2. The van der Waals surface area contributed by atoms with Crippen LogP contribution in [0.25, 0.3) is 0 Å². The van der Waals surface area contributed by atoms with Crippen molar-refractivity contribution in [3.63, 3.8) is 0 Å². The molecule has 0 spiro atoms. The number of hydrogen-bond donors (Lipinski definition) is 0. The van der Waals surface area contributed by atoms with Gasteiger partial charge in [0.05, 0.1) is 6.33 Å². The van der Waals surface area contributed by atoms with Gasteiger partial charge in [-0.15, -0.1) is 11.8 Å². The molecule has 1 aromatic heterocycles. The highest BCUT2D eigenvalue weighted by Gasteiger charge is 2.32. The first-order chi connectivity index (χ1) is 11.9. The van der Waals surface area contributed by atoms with E-state index in [1.165, 1.54) is 10.9 Å². The number of thioether (sulfide) groups is 1. The van der Waals surface area contributed by atoms with E-state index in [0.29, 0.717) is 27.8 Å². The summed E-state index contributed by atoms with van der Waals surface area (Å²) in [6.45, 7) is 4.07. The maximum absolute atomic E-state index is 12.8. The molecule has 1 aliphatic rings. The second kappa shape index (κ2) is 7.40. The van der Waals surface area contributed by atoms with E-state index in [1.807, 2.05) is 6.07 Å². The molecule has 2 aromatic rings. The van der Waals surface area contributed by atoms with Crippen LogP contribution in [0.1, 0.15) is 22.2 Å². The van der Waals surface area contributed by atoms with E-state index in [1.54, 1.807) is 42.6 Å². The van der Waals surface area contributed by atoms with Crippen molar-refractivity contribution in [1.82, 2.24) is 14.5 Å². The first-order valence-electron chi connectivity index (χ1n) is 7.77. The van der Waals surface area contributed by atoms with Gasteiger partial charge in [0.1, 0.15) is 11.9 Å². The highest BCUT2D eigenvalue weighted by atomic mass is 35.5. The van der Waals surface area contributed by atoms with Gasteiger partial charge in [0.25, 0.3) is 5.56 Å². The number of rotatable bonds is 3. The molecule has 25 heavy (non-hydrogen) atoms. The van der Waals surface area contributed by atoms with Crippen molar-refractivity contribution >= 4 is 40.9 Å². The van der Waals surface area contributed by atoms with Crippen LogP contribution < -0.4 is 5.56 Å². The summed E-state index contributed by atoms with van der Waals surface area (Å²) in [6, 6.07) is 5.29. The minimum atomic E-state index is -0.186. The molecule has 8 heteroatoms. The van der Waals surface area contributed by atoms with Crippen molar-refractivity contribution in [1.29, 1.82) is 0 Å². The number of carbonyl (C=O) groups excluding carboxylic acids is 1. The molecule has 2 heterocycles. The third-order valence-corrected chi connectivity index (χ3v) is 6.07. The average Bonchev–Trinajstić information content (AvgIpc) is 3.05. The third-order valence-electron chi connectivity index (χ3n) is 4.26. The van der Waals surface area contributed by atoms with Crippen LogP contribution in [-0.2, 0) is 11.3 Å². The molecule has 1 amide bonds. The van der Waals surface area contributed by atoms with Gasteiger partial charge in [-0.25, -0.2) is 4.98 Å². The molecule has 132 valence electrons. The van der Waals surface area contributed by atoms with Gasteiger partial charge >= 0.3 is 0 Å². The van der Waals surface area contributed by atoms with E-state index in [4.69, 9.17) is 23.2 Å². The summed E-state index contributed by atoms with van der Waals surface area (Å²) in [7, 11) is 0. The molecule has 1 atom stereocenters. The molecule has 0 bridgehead atoms. The predicted molar refractivity (Wildman–Crippen MR) is 101 cm³/mol. The van der Waals surface area contributed by atoms with Gasteiger partial charge in [0.15, 0.2) is 0 Å². The van der Waals surface area contributed by atoms with Crippen molar-refractivity contribution in [3.8, 4) is 0 Å². The Labute approximate surface area is 159 Å². The van der Waals surface area contributed by atoms with Crippen molar-refractivity contribution < 1.29 is 4.79 Å². The van der Waals surface area contributed by atoms with E-state index >= 15 is 0 Å². The normalized spacial score (nSPS) is 17.1. The SMILES string of the molecule is Cc1ncn(CC(=O)N2CCSC2c2ccc(Cl)cc2Cl)c(=O)c1C. The van der Waals surface area contributed by atoms with Gasteiger partial charge in [-0.05, 0) is 26.0 Å². The van der Waals surface area contributed by atoms with Gasteiger partial charge < -0.3 is 4.90 Å². The zero-order valence-electron chi connectivity index (χ0n) is 13.8. The van der Waals surface area contributed by atoms with Gasteiger partial charge in [-0.3, -0.25) is 14.2 Å². The number of carbonyl (C=O) groups is 1. The molecule has 0 N–H and O–H groups in total. The van der Waals surface area contributed by atoms with E-state index in [2.05, 4.69) is 4.98 Å². The molecule has 3 rings (SSSR count). The highest BCUT2D eigenvalue weighted by molar-refractivity contribution is 7.99. The summed E-state index contributed by atoms with van der Waals surface area (Å²) in [4.78, 5) is 31.0. The fourth-order valence-corrected chi connectivity index (χ4v) is 4.60. The Hall–Kier alpha value is -1.50. The van der Waals surface area contributed by atoms with Gasteiger partial charge in [0, 0.05) is 39.2 Å². The summed E-state index contributed by atoms with van der Waals surface area (Å²) in [6.07, 6.45) is 1.43. The Bertz CT molecular complexity index is 885. The second-order valence-electron chi connectivity index (χ2n) is 5.86. The monoisotopic (exact) mass is 397 g/mol. The fraction of sp³-hybridized carbons (Fsp3) is 0.353. The van der Waals surface area contributed by atoms with E-state index in [0.717, 1.165) is 11.3 Å². The smallest absolute Gasteiger partial charge is 0.256 e. The fourth-order valence-electron chi connectivity index (χ4n) is 2.71. The molecular weight excluding hydrogens is 381 g/mol. The summed E-state index contributed by atoms with van der Waals surface area (Å²) >= 11 is 13.9. The largest absolute Gasteiger partial charge is 0.324 e. The second-order valence-corrected chi connectivity index (χ2v) is 7.90.